The minimum Gasteiger partial charge on any atom is -0.468 e. The van der Waals surface area contributed by atoms with E-state index in [1.165, 1.54) is 24.8 Å². The topological polar surface area (TPSA) is 62.0 Å². The van der Waals surface area contributed by atoms with Crippen LogP contribution in [0.25, 0.3) is 0 Å². The van der Waals surface area contributed by atoms with Gasteiger partial charge in [0.25, 0.3) is 0 Å². The predicted octanol–water partition coefficient (Wildman–Crippen LogP) is 3.32. The largest absolute Gasteiger partial charge is 0.468 e. The summed E-state index contributed by atoms with van der Waals surface area (Å²) in [7, 11) is 0. The van der Waals surface area contributed by atoms with Gasteiger partial charge in [-0.1, -0.05) is 12.1 Å². The summed E-state index contributed by atoms with van der Waals surface area (Å²) in [6, 6.07) is 8.39. The highest BCUT2D eigenvalue weighted by atomic mass is 16.7. The van der Waals surface area contributed by atoms with Gasteiger partial charge in [0.05, 0.1) is 32.5 Å². The van der Waals surface area contributed by atoms with Gasteiger partial charge in [-0.05, 0) is 62.1 Å². The summed E-state index contributed by atoms with van der Waals surface area (Å²) in [4.78, 5) is 0. The molecule has 3 aliphatic rings. The van der Waals surface area contributed by atoms with Crippen molar-refractivity contribution in [2.24, 2.45) is 5.92 Å². The number of aryl methyl sites for hydroxylation is 1. The number of epoxide rings is 2. The lowest BCUT2D eigenvalue weighted by Crippen LogP contribution is -2.23. The standard InChI is InChI=1S/C22H32O6/c1(17-3-7-19(8-4-17)27-15-23-11-21-13-25-21)2-18-5-9-20(10-6-18)28-16-24-12-22-14-26-22/h3-4,7-8,18,20-22H,1-2,5-6,9-16H2. The first-order valence-corrected chi connectivity index (χ1v) is 10.6. The number of ether oxygens (including phenoxy) is 6. The fraction of sp³-hybridized carbons (Fsp3) is 0.727. The first-order valence-electron chi connectivity index (χ1n) is 10.6. The van der Waals surface area contributed by atoms with Gasteiger partial charge in [0.2, 0.25) is 0 Å². The molecule has 2 unspecified atom stereocenters. The second kappa shape index (κ2) is 10.6. The van der Waals surface area contributed by atoms with Crippen molar-refractivity contribution in [1.29, 1.82) is 0 Å². The maximum atomic E-state index is 5.83. The highest BCUT2D eigenvalue weighted by molar-refractivity contribution is 5.27. The first-order chi connectivity index (χ1) is 13.8. The molecule has 4 rings (SSSR count). The molecule has 0 aromatic heterocycles. The molecule has 1 aliphatic carbocycles. The summed E-state index contributed by atoms with van der Waals surface area (Å²) < 4.78 is 32.5. The van der Waals surface area contributed by atoms with E-state index < -0.39 is 0 Å². The van der Waals surface area contributed by atoms with Gasteiger partial charge in [0.15, 0.2) is 6.79 Å². The summed E-state index contributed by atoms with van der Waals surface area (Å²) in [6.45, 7) is 3.63. The van der Waals surface area contributed by atoms with E-state index in [-0.39, 0.29) is 12.9 Å². The third kappa shape index (κ3) is 7.33. The van der Waals surface area contributed by atoms with Crippen molar-refractivity contribution in [3.05, 3.63) is 29.8 Å². The number of rotatable bonds is 13. The fourth-order valence-electron chi connectivity index (χ4n) is 3.65. The Hall–Kier alpha value is -1.18. The average molecular weight is 392 g/mol. The molecule has 3 fully saturated rings. The molecule has 2 atom stereocenters. The van der Waals surface area contributed by atoms with E-state index in [1.807, 2.05) is 12.1 Å². The van der Waals surface area contributed by atoms with E-state index in [1.54, 1.807) is 0 Å². The van der Waals surface area contributed by atoms with Crippen molar-refractivity contribution in [3.63, 3.8) is 0 Å². The molecular formula is C22H32O6. The van der Waals surface area contributed by atoms with Gasteiger partial charge in [-0.25, -0.2) is 0 Å². The molecule has 1 aromatic carbocycles. The molecule has 6 nitrogen and oxygen atoms in total. The molecule has 1 saturated carbocycles. The van der Waals surface area contributed by atoms with Crippen LogP contribution < -0.4 is 4.74 Å². The van der Waals surface area contributed by atoms with Crippen LogP contribution in [-0.4, -0.2) is 58.3 Å². The molecule has 156 valence electrons. The van der Waals surface area contributed by atoms with Crippen LogP contribution in [0.4, 0.5) is 0 Å². The summed E-state index contributed by atoms with van der Waals surface area (Å²) in [5.41, 5.74) is 1.37. The Labute approximate surface area is 167 Å². The van der Waals surface area contributed by atoms with Crippen molar-refractivity contribution < 1.29 is 28.4 Å². The SMILES string of the molecule is c1cc(OCOCC2CO2)ccc1CCC1CCC(OCOCC2CO2)CC1. The third-order valence-electron chi connectivity index (χ3n) is 5.67. The van der Waals surface area contributed by atoms with E-state index in [9.17, 15) is 0 Å². The van der Waals surface area contributed by atoms with Crippen LogP contribution in [0, 0.1) is 5.92 Å². The molecule has 0 amide bonds. The Kier molecular flexibility index (Phi) is 7.58. The zero-order valence-corrected chi connectivity index (χ0v) is 16.6. The number of hydrogen-bond donors (Lipinski definition) is 0. The highest BCUT2D eigenvalue weighted by Gasteiger charge is 2.24. The molecule has 0 spiro atoms. The van der Waals surface area contributed by atoms with Crippen LogP contribution in [0.3, 0.4) is 0 Å². The molecule has 0 radical (unpaired) electrons. The van der Waals surface area contributed by atoms with E-state index in [4.69, 9.17) is 28.4 Å². The van der Waals surface area contributed by atoms with Crippen LogP contribution in [0.1, 0.15) is 37.7 Å². The minimum atomic E-state index is 0.281. The minimum absolute atomic E-state index is 0.281. The van der Waals surface area contributed by atoms with Crippen molar-refractivity contribution >= 4 is 0 Å². The molecular weight excluding hydrogens is 360 g/mol. The average Bonchev–Trinajstić information content (AvgIpc) is 3.64. The van der Waals surface area contributed by atoms with E-state index in [0.717, 1.165) is 44.1 Å². The van der Waals surface area contributed by atoms with Crippen molar-refractivity contribution in [2.75, 3.05) is 40.0 Å². The van der Waals surface area contributed by atoms with Crippen LogP contribution in [-0.2, 0) is 30.1 Å². The van der Waals surface area contributed by atoms with Gasteiger partial charge in [0.1, 0.15) is 24.8 Å². The predicted molar refractivity (Wildman–Crippen MR) is 103 cm³/mol. The Balaban J connectivity index is 1.05. The Morgan fingerprint density at radius 1 is 0.821 bits per heavy atom. The van der Waals surface area contributed by atoms with Crippen LogP contribution in [0.15, 0.2) is 24.3 Å². The van der Waals surface area contributed by atoms with Crippen LogP contribution in [0.2, 0.25) is 0 Å². The summed E-state index contributed by atoms with van der Waals surface area (Å²) in [6.07, 6.45) is 8.11. The molecule has 2 aliphatic heterocycles. The molecule has 1 aromatic rings. The maximum absolute atomic E-state index is 5.83. The zero-order chi connectivity index (χ0) is 19.0. The van der Waals surface area contributed by atoms with E-state index >= 15 is 0 Å². The van der Waals surface area contributed by atoms with Gasteiger partial charge in [-0.15, -0.1) is 0 Å². The van der Waals surface area contributed by atoms with Gasteiger partial charge >= 0.3 is 0 Å². The molecule has 28 heavy (non-hydrogen) atoms. The normalized spacial score (nSPS) is 28.9. The molecule has 6 heteroatoms. The van der Waals surface area contributed by atoms with Crippen molar-refractivity contribution in [3.8, 4) is 5.75 Å². The van der Waals surface area contributed by atoms with Crippen molar-refractivity contribution in [1.82, 2.24) is 0 Å². The monoisotopic (exact) mass is 392 g/mol. The lowest BCUT2D eigenvalue weighted by Gasteiger charge is -2.28. The highest BCUT2D eigenvalue weighted by Crippen LogP contribution is 2.30. The van der Waals surface area contributed by atoms with Crippen LogP contribution in [0.5, 0.6) is 5.75 Å². The zero-order valence-electron chi connectivity index (χ0n) is 16.6. The van der Waals surface area contributed by atoms with Crippen LogP contribution >= 0.6 is 0 Å². The van der Waals surface area contributed by atoms with Gasteiger partial charge in [0, 0.05) is 0 Å². The number of benzene rings is 1. The van der Waals surface area contributed by atoms with E-state index in [2.05, 4.69) is 12.1 Å². The summed E-state index contributed by atoms with van der Waals surface area (Å²) in [5, 5.41) is 0. The summed E-state index contributed by atoms with van der Waals surface area (Å²) in [5.74, 6) is 1.66. The van der Waals surface area contributed by atoms with Gasteiger partial charge in [-0.2, -0.15) is 0 Å². The fourth-order valence-corrected chi connectivity index (χ4v) is 3.65. The molecule has 2 heterocycles. The van der Waals surface area contributed by atoms with Gasteiger partial charge < -0.3 is 28.4 Å². The molecule has 0 bridgehead atoms. The second-order valence-electron chi connectivity index (χ2n) is 8.02. The van der Waals surface area contributed by atoms with Gasteiger partial charge in [-0.3, -0.25) is 0 Å². The second-order valence-corrected chi connectivity index (χ2v) is 8.02. The third-order valence-corrected chi connectivity index (χ3v) is 5.67. The van der Waals surface area contributed by atoms with Crippen molar-refractivity contribution in [2.45, 2.75) is 56.8 Å². The van der Waals surface area contributed by atoms with E-state index in [0.29, 0.717) is 32.2 Å². The maximum Gasteiger partial charge on any atom is 0.189 e. The lowest BCUT2D eigenvalue weighted by molar-refractivity contribution is -0.104. The molecule has 0 N–H and O–H groups in total. The smallest absolute Gasteiger partial charge is 0.189 e. The Morgan fingerprint density at radius 2 is 1.46 bits per heavy atom. The quantitative estimate of drug-likeness (QED) is 0.292. The number of hydrogen-bond acceptors (Lipinski definition) is 6. The first kappa shape index (κ1) is 20.1. The lowest BCUT2D eigenvalue weighted by atomic mass is 9.84. The summed E-state index contributed by atoms with van der Waals surface area (Å²) >= 11 is 0. The Morgan fingerprint density at radius 3 is 2.11 bits per heavy atom. The Bertz CT molecular complexity index is 561. The molecule has 2 saturated heterocycles.